The van der Waals surface area contributed by atoms with E-state index >= 15 is 0 Å². The fourth-order valence-electron chi connectivity index (χ4n) is 1.53. The molecule has 1 aromatic heterocycles. The molecule has 1 unspecified atom stereocenters. The minimum Gasteiger partial charge on any atom is -0.473 e. The number of hydrogen-bond acceptors (Lipinski definition) is 6. The molecule has 1 atom stereocenters. The van der Waals surface area contributed by atoms with Gasteiger partial charge in [-0.3, -0.25) is 0 Å². The zero-order valence-corrected chi connectivity index (χ0v) is 11.2. The third-order valence-corrected chi connectivity index (χ3v) is 2.30. The Hall–Kier alpha value is -2.03. The van der Waals surface area contributed by atoms with Crippen molar-refractivity contribution in [3.8, 4) is 11.9 Å². The lowest BCUT2D eigenvalue weighted by atomic mass is 10.2. The van der Waals surface area contributed by atoms with Gasteiger partial charge in [-0.25, -0.2) is 4.98 Å². The van der Waals surface area contributed by atoms with Crippen molar-refractivity contribution in [1.29, 1.82) is 5.26 Å². The molecule has 1 heterocycles. The van der Waals surface area contributed by atoms with Crippen LogP contribution < -0.4 is 15.4 Å². The Morgan fingerprint density at radius 1 is 1.44 bits per heavy atom. The number of nitrogen functional groups attached to an aromatic ring is 1. The summed E-state index contributed by atoms with van der Waals surface area (Å²) in [6.45, 7) is 6.21. The highest BCUT2D eigenvalue weighted by molar-refractivity contribution is 5.67. The zero-order chi connectivity index (χ0) is 13.7. The molecule has 6 nitrogen and oxygen atoms in total. The Kier molecular flexibility index (Phi) is 4.72. The molecule has 2 N–H and O–H groups in total. The van der Waals surface area contributed by atoms with E-state index in [4.69, 9.17) is 15.7 Å². The third kappa shape index (κ3) is 3.48. The maximum Gasteiger partial charge on any atom is 0.242 e. The first-order chi connectivity index (χ1) is 8.45. The van der Waals surface area contributed by atoms with Crippen molar-refractivity contribution in [2.24, 2.45) is 5.92 Å². The average molecular weight is 249 g/mol. The van der Waals surface area contributed by atoms with Crippen LogP contribution in [0.3, 0.4) is 0 Å². The molecule has 98 valence electrons. The van der Waals surface area contributed by atoms with Crippen molar-refractivity contribution in [2.45, 2.75) is 26.9 Å². The number of nitrogens with two attached hydrogens (primary N) is 1. The van der Waals surface area contributed by atoms with Crippen LogP contribution in [0.25, 0.3) is 0 Å². The van der Waals surface area contributed by atoms with E-state index < -0.39 is 0 Å². The Bertz CT molecular complexity index is 441. The van der Waals surface area contributed by atoms with Crippen LogP contribution in [0.1, 0.15) is 20.8 Å². The second kappa shape index (κ2) is 6.05. The molecule has 0 aliphatic rings. The molecule has 0 aliphatic carbocycles. The van der Waals surface area contributed by atoms with E-state index in [9.17, 15) is 0 Å². The van der Waals surface area contributed by atoms with Gasteiger partial charge in [0.15, 0.2) is 5.82 Å². The fraction of sp³-hybridized carbons (Fsp3) is 0.583. The van der Waals surface area contributed by atoms with Crippen LogP contribution in [0.4, 0.5) is 11.5 Å². The first kappa shape index (κ1) is 14.0. The molecule has 0 saturated carbocycles. The maximum atomic E-state index is 8.81. The maximum absolute atomic E-state index is 8.81. The monoisotopic (exact) mass is 249 g/mol. The van der Waals surface area contributed by atoms with Gasteiger partial charge in [0.2, 0.25) is 5.88 Å². The van der Waals surface area contributed by atoms with E-state index in [0.717, 1.165) is 0 Å². The fourth-order valence-corrected chi connectivity index (χ4v) is 1.53. The highest BCUT2D eigenvalue weighted by Crippen LogP contribution is 2.28. The van der Waals surface area contributed by atoms with E-state index in [1.807, 2.05) is 32.7 Å². The van der Waals surface area contributed by atoms with Gasteiger partial charge in [-0.2, -0.15) is 10.2 Å². The summed E-state index contributed by atoms with van der Waals surface area (Å²) in [6.07, 6.45) is 1.41. The van der Waals surface area contributed by atoms with Crippen LogP contribution in [0.5, 0.6) is 5.88 Å². The van der Waals surface area contributed by atoms with Crippen LogP contribution in [0.2, 0.25) is 0 Å². The molecule has 0 aromatic carbocycles. The molecule has 0 bridgehead atoms. The quantitative estimate of drug-likeness (QED) is 0.849. The van der Waals surface area contributed by atoms with Crippen molar-refractivity contribution >= 4 is 11.5 Å². The SMILES string of the molecule is CC(C#N)CN(C)c1ncnc(OC(C)C)c1N. The molecular formula is C12H19N5O. The normalized spacial score (nSPS) is 12.0. The number of anilines is 2. The standard InChI is InChI=1S/C12H19N5O/c1-8(2)18-12-10(14)11(15-7-16-12)17(4)6-9(3)5-13/h7-9H,6,14H2,1-4H3. The van der Waals surface area contributed by atoms with Gasteiger partial charge in [-0.1, -0.05) is 0 Å². The van der Waals surface area contributed by atoms with Crippen molar-refractivity contribution < 1.29 is 4.74 Å². The summed E-state index contributed by atoms with van der Waals surface area (Å²) in [4.78, 5) is 9.98. The van der Waals surface area contributed by atoms with Gasteiger partial charge in [-0.15, -0.1) is 0 Å². The second-order valence-corrected chi connectivity index (χ2v) is 4.49. The lowest BCUT2D eigenvalue weighted by Crippen LogP contribution is -2.25. The van der Waals surface area contributed by atoms with Crippen LogP contribution in [-0.4, -0.2) is 29.7 Å². The van der Waals surface area contributed by atoms with Gasteiger partial charge in [0, 0.05) is 13.6 Å². The Balaban J connectivity index is 2.93. The summed E-state index contributed by atoms with van der Waals surface area (Å²) < 4.78 is 5.50. The van der Waals surface area contributed by atoms with Gasteiger partial charge < -0.3 is 15.4 Å². The van der Waals surface area contributed by atoms with E-state index in [2.05, 4.69) is 16.0 Å². The summed E-state index contributed by atoms with van der Waals surface area (Å²) in [6, 6.07) is 2.17. The van der Waals surface area contributed by atoms with Gasteiger partial charge in [0.1, 0.15) is 12.0 Å². The van der Waals surface area contributed by atoms with Crippen LogP contribution in [0, 0.1) is 17.2 Å². The number of rotatable bonds is 5. The molecule has 0 aliphatic heterocycles. The predicted octanol–water partition coefficient (Wildman–Crippen LogP) is 1.44. The Labute approximate surface area is 107 Å². The molecule has 18 heavy (non-hydrogen) atoms. The van der Waals surface area contributed by atoms with E-state index in [0.29, 0.717) is 23.9 Å². The van der Waals surface area contributed by atoms with Gasteiger partial charge >= 0.3 is 0 Å². The largest absolute Gasteiger partial charge is 0.473 e. The van der Waals surface area contributed by atoms with Crippen molar-refractivity contribution in [3.05, 3.63) is 6.33 Å². The summed E-state index contributed by atoms with van der Waals surface area (Å²) in [5.74, 6) is 0.869. The smallest absolute Gasteiger partial charge is 0.242 e. The number of hydrogen-bond donors (Lipinski definition) is 1. The lowest BCUT2D eigenvalue weighted by molar-refractivity contribution is 0.234. The third-order valence-electron chi connectivity index (χ3n) is 2.30. The van der Waals surface area contributed by atoms with E-state index in [1.54, 1.807) is 0 Å². The molecule has 0 spiro atoms. The number of nitriles is 1. The summed E-state index contributed by atoms with van der Waals surface area (Å²) in [5, 5.41) is 8.81. The topological polar surface area (TPSA) is 88.1 Å². The highest BCUT2D eigenvalue weighted by Gasteiger charge is 2.15. The Morgan fingerprint density at radius 2 is 2.11 bits per heavy atom. The van der Waals surface area contributed by atoms with Crippen molar-refractivity contribution in [2.75, 3.05) is 24.2 Å². The van der Waals surface area contributed by atoms with Crippen LogP contribution in [0.15, 0.2) is 6.33 Å². The molecule has 1 aromatic rings. The molecule has 0 radical (unpaired) electrons. The minimum absolute atomic E-state index is 0.00149. The minimum atomic E-state index is -0.0983. The van der Waals surface area contributed by atoms with Gasteiger partial charge in [-0.05, 0) is 20.8 Å². The van der Waals surface area contributed by atoms with Crippen molar-refractivity contribution in [1.82, 2.24) is 9.97 Å². The van der Waals surface area contributed by atoms with Crippen LogP contribution >= 0.6 is 0 Å². The first-order valence-electron chi connectivity index (χ1n) is 5.83. The lowest BCUT2D eigenvalue weighted by Gasteiger charge is -2.21. The Morgan fingerprint density at radius 3 is 2.67 bits per heavy atom. The number of nitrogens with zero attached hydrogens (tertiary/aromatic N) is 4. The second-order valence-electron chi connectivity index (χ2n) is 4.49. The van der Waals surface area contributed by atoms with Gasteiger partial charge in [0.25, 0.3) is 0 Å². The van der Waals surface area contributed by atoms with E-state index in [1.165, 1.54) is 6.33 Å². The summed E-state index contributed by atoms with van der Waals surface area (Å²) in [7, 11) is 1.84. The molecule has 1 rings (SSSR count). The molecular weight excluding hydrogens is 230 g/mol. The predicted molar refractivity (Wildman–Crippen MR) is 70.3 cm³/mol. The summed E-state index contributed by atoms with van der Waals surface area (Å²) >= 11 is 0. The average Bonchev–Trinajstić information content (AvgIpc) is 2.31. The number of aromatic nitrogens is 2. The highest BCUT2D eigenvalue weighted by atomic mass is 16.5. The molecule has 6 heteroatoms. The van der Waals surface area contributed by atoms with Crippen LogP contribution in [-0.2, 0) is 0 Å². The molecule has 0 saturated heterocycles. The van der Waals surface area contributed by atoms with Crippen molar-refractivity contribution in [3.63, 3.8) is 0 Å². The number of ether oxygens (including phenoxy) is 1. The zero-order valence-electron chi connectivity index (χ0n) is 11.2. The first-order valence-corrected chi connectivity index (χ1v) is 5.83. The van der Waals surface area contributed by atoms with E-state index in [-0.39, 0.29) is 12.0 Å². The summed E-state index contributed by atoms with van der Waals surface area (Å²) in [5.41, 5.74) is 6.38. The molecule has 0 fully saturated rings. The van der Waals surface area contributed by atoms with Gasteiger partial charge in [0.05, 0.1) is 18.1 Å². The molecule has 0 amide bonds.